The van der Waals surface area contributed by atoms with Crippen molar-refractivity contribution in [1.29, 1.82) is 0 Å². The molecule has 0 aliphatic carbocycles. The van der Waals surface area contributed by atoms with Crippen molar-refractivity contribution in [3.63, 3.8) is 0 Å². The van der Waals surface area contributed by atoms with Gasteiger partial charge in [0.05, 0.1) is 11.4 Å². The van der Waals surface area contributed by atoms with Gasteiger partial charge in [0.2, 0.25) is 0 Å². The van der Waals surface area contributed by atoms with Crippen molar-refractivity contribution >= 4 is 10.1 Å². The molecule has 0 bridgehead atoms. The van der Waals surface area contributed by atoms with E-state index in [4.69, 9.17) is 4.74 Å². The normalized spacial score (nSPS) is 13.5. The Bertz CT molecular complexity index is 1220. The van der Waals surface area contributed by atoms with Gasteiger partial charge in [0.1, 0.15) is 18.1 Å². The molecule has 0 aliphatic heterocycles. The van der Waals surface area contributed by atoms with Gasteiger partial charge in [0, 0.05) is 6.54 Å². The fourth-order valence-corrected chi connectivity index (χ4v) is 4.60. The molecule has 3 rings (SSSR count). The maximum Gasteiger partial charge on any atom is 0.268 e. The summed E-state index contributed by atoms with van der Waals surface area (Å²) in [5.74, 6) is 0.811. The fourth-order valence-electron chi connectivity index (χ4n) is 3.83. The summed E-state index contributed by atoms with van der Waals surface area (Å²) in [6.07, 6.45) is 2.86. The van der Waals surface area contributed by atoms with Gasteiger partial charge in [-0.25, -0.2) is 0 Å². The Morgan fingerprint density at radius 3 is 2.28 bits per heavy atom. The third-order valence-corrected chi connectivity index (χ3v) is 7.20. The molecular formula is C28H33NO6S. The Labute approximate surface area is 212 Å². The van der Waals surface area contributed by atoms with Crippen molar-refractivity contribution in [2.75, 3.05) is 7.05 Å². The summed E-state index contributed by atoms with van der Waals surface area (Å²) < 4.78 is 39.4. The van der Waals surface area contributed by atoms with Crippen LogP contribution in [0, 0.1) is 0 Å². The van der Waals surface area contributed by atoms with E-state index >= 15 is 0 Å². The van der Waals surface area contributed by atoms with Gasteiger partial charge in [-0.2, -0.15) is 8.42 Å². The maximum atomic E-state index is 11.9. The first-order valence-corrected chi connectivity index (χ1v) is 13.3. The van der Waals surface area contributed by atoms with Gasteiger partial charge in [-0.3, -0.25) is 4.55 Å². The van der Waals surface area contributed by atoms with Crippen molar-refractivity contribution in [2.45, 2.75) is 43.8 Å². The van der Waals surface area contributed by atoms with E-state index in [1.165, 1.54) is 23.8 Å². The first-order valence-electron chi connectivity index (χ1n) is 11.8. The predicted molar refractivity (Wildman–Crippen MR) is 140 cm³/mol. The number of aliphatic hydroxyl groups is 1. The molecule has 0 aromatic heterocycles. The molecule has 0 saturated carbocycles. The van der Waals surface area contributed by atoms with Crippen LogP contribution in [-0.4, -0.2) is 35.5 Å². The zero-order valence-electron chi connectivity index (χ0n) is 20.2. The van der Waals surface area contributed by atoms with Crippen LogP contribution in [-0.2, 0) is 29.7 Å². The number of aliphatic hydroxyl groups excluding tert-OH is 1. The quantitative estimate of drug-likeness (QED) is 0.196. The molecule has 2 atom stereocenters. The molecule has 0 aliphatic rings. The molecule has 3 aromatic carbocycles. The third kappa shape index (κ3) is 8.49. The van der Waals surface area contributed by atoms with Gasteiger partial charge >= 0.3 is 0 Å². The number of phenolic OH excluding ortho intramolecular Hbond substituents is 1. The minimum Gasteiger partial charge on any atom is -0.508 e. The lowest BCUT2D eigenvalue weighted by Crippen LogP contribution is -2.20. The molecule has 8 heteroatoms. The number of phenols is 1. The highest BCUT2D eigenvalue weighted by Gasteiger charge is 2.21. The molecule has 192 valence electrons. The fraction of sp³-hybridized carbons (Fsp3) is 0.286. The number of nitrogens with one attached hydrogen (secondary N) is 1. The number of benzene rings is 3. The molecule has 7 nitrogen and oxygen atoms in total. The Morgan fingerprint density at radius 2 is 1.64 bits per heavy atom. The Kier molecular flexibility index (Phi) is 10.1. The Balaban J connectivity index is 1.53. The van der Waals surface area contributed by atoms with Crippen molar-refractivity contribution in [3.05, 3.63) is 107 Å². The largest absolute Gasteiger partial charge is 0.508 e. The molecule has 3 aromatic rings. The second kappa shape index (κ2) is 13.2. The number of aromatic hydroxyl groups is 1. The lowest BCUT2D eigenvalue weighted by Gasteiger charge is -2.13. The van der Waals surface area contributed by atoms with Crippen LogP contribution in [0.5, 0.6) is 11.5 Å². The summed E-state index contributed by atoms with van der Waals surface area (Å²) in [5, 5.41) is 21.7. The number of hydrogen-bond donors (Lipinski definition) is 4. The number of hydrogen-bond acceptors (Lipinski definition) is 6. The standard InChI is InChI=1S/C28H33NO6S/c1-29-19-23-5-2-3-6-24(23)20-35-26-16-9-21(10-17-26)11-18-27(36(32,33)34)7-4-8-28(31)22-12-14-25(30)15-13-22/h2-6,8-10,12-17,27-31H,7,11,18-20H2,1H3,(H,32,33,34)/b8-4+/t27-,28+/m0/s1. The zero-order valence-corrected chi connectivity index (χ0v) is 21.1. The summed E-state index contributed by atoms with van der Waals surface area (Å²) in [7, 11) is -2.35. The summed E-state index contributed by atoms with van der Waals surface area (Å²) in [6, 6.07) is 21.7. The van der Waals surface area contributed by atoms with Gasteiger partial charge in [-0.15, -0.1) is 0 Å². The topological polar surface area (TPSA) is 116 Å². The molecule has 4 N–H and O–H groups in total. The molecule has 0 heterocycles. The summed E-state index contributed by atoms with van der Waals surface area (Å²) in [4.78, 5) is 0. The van der Waals surface area contributed by atoms with E-state index in [1.807, 2.05) is 49.5 Å². The number of aryl methyl sites for hydroxylation is 1. The van der Waals surface area contributed by atoms with Crippen LogP contribution >= 0.6 is 0 Å². The Morgan fingerprint density at radius 1 is 0.972 bits per heavy atom. The lowest BCUT2D eigenvalue weighted by atomic mass is 10.0. The van der Waals surface area contributed by atoms with E-state index in [9.17, 15) is 23.2 Å². The first-order chi connectivity index (χ1) is 17.3. The number of rotatable bonds is 13. The first kappa shape index (κ1) is 27.4. The monoisotopic (exact) mass is 511 g/mol. The zero-order chi connectivity index (χ0) is 26.0. The highest BCUT2D eigenvalue weighted by molar-refractivity contribution is 7.86. The number of ether oxygens (including phenoxy) is 1. The van der Waals surface area contributed by atoms with Crippen LogP contribution in [0.2, 0.25) is 0 Å². The van der Waals surface area contributed by atoms with Gasteiger partial charge in [0.15, 0.2) is 0 Å². The van der Waals surface area contributed by atoms with Crippen LogP contribution in [0.4, 0.5) is 0 Å². The van der Waals surface area contributed by atoms with Crippen molar-refractivity contribution < 1.29 is 27.9 Å². The molecular weight excluding hydrogens is 478 g/mol. The van der Waals surface area contributed by atoms with E-state index in [0.717, 1.165) is 23.4 Å². The van der Waals surface area contributed by atoms with E-state index in [-0.39, 0.29) is 18.6 Å². The second-order valence-electron chi connectivity index (χ2n) is 8.61. The van der Waals surface area contributed by atoms with Gasteiger partial charge in [-0.1, -0.05) is 60.7 Å². The van der Waals surface area contributed by atoms with Gasteiger partial charge in [-0.05, 0) is 72.8 Å². The van der Waals surface area contributed by atoms with Crippen LogP contribution < -0.4 is 10.1 Å². The average molecular weight is 512 g/mol. The molecule has 0 unspecified atom stereocenters. The third-order valence-electron chi connectivity index (χ3n) is 5.93. The summed E-state index contributed by atoms with van der Waals surface area (Å²) in [5.41, 5.74) is 3.79. The Hall–Kier alpha value is -3.17. The highest BCUT2D eigenvalue weighted by Crippen LogP contribution is 2.21. The summed E-state index contributed by atoms with van der Waals surface area (Å²) >= 11 is 0. The molecule has 0 fully saturated rings. The van der Waals surface area contributed by atoms with E-state index in [1.54, 1.807) is 18.2 Å². The second-order valence-corrected chi connectivity index (χ2v) is 10.3. The average Bonchev–Trinajstić information content (AvgIpc) is 2.86. The van der Waals surface area contributed by atoms with Crippen LogP contribution in [0.3, 0.4) is 0 Å². The SMILES string of the molecule is CNCc1ccccc1COc1ccc(CC[C@H](C/C=C/[C@@H](O)c2ccc(O)cc2)S(=O)(=O)O)cc1. The lowest BCUT2D eigenvalue weighted by molar-refractivity contribution is 0.228. The molecule has 36 heavy (non-hydrogen) atoms. The maximum absolute atomic E-state index is 11.9. The van der Waals surface area contributed by atoms with Crippen LogP contribution in [0.15, 0.2) is 84.9 Å². The molecule has 0 radical (unpaired) electrons. The van der Waals surface area contributed by atoms with Crippen LogP contribution in [0.1, 0.15) is 41.2 Å². The van der Waals surface area contributed by atoms with E-state index in [2.05, 4.69) is 11.4 Å². The molecule has 0 spiro atoms. The predicted octanol–water partition coefficient (Wildman–Crippen LogP) is 4.56. The van der Waals surface area contributed by atoms with Crippen molar-refractivity contribution in [2.24, 2.45) is 0 Å². The smallest absolute Gasteiger partial charge is 0.268 e. The molecule has 0 saturated heterocycles. The van der Waals surface area contributed by atoms with Gasteiger partial charge < -0.3 is 20.3 Å². The summed E-state index contributed by atoms with van der Waals surface area (Å²) in [6.45, 7) is 1.21. The highest BCUT2D eigenvalue weighted by atomic mass is 32.2. The molecule has 0 amide bonds. The van der Waals surface area contributed by atoms with Gasteiger partial charge in [0.25, 0.3) is 10.1 Å². The minimum atomic E-state index is -4.26. The minimum absolute atomic E-state index is 0.0706. The number of allylic oxidation sites excluding steroid dienone is 1. The van der Waals surface area contributed by atoms with E-state index in [0.29, 0.717) is 18.6 Å². The van der Waals surface area contributed by atoms with E-state index < -0.39 is 21.5 Å². The van der Waals surface area contributed by atoms with Crippen molar-refractivity contribution in [1.82, 2.24) is 5.32 Å². The van der Waals surface area contributed by atoms with Crippen LogP contribution in [0.25, 0.3) is 0 Å². The van der Waals surface area contributed by atoms with Crippen molar-refractivity contribution in [3.8, 4) is 11.5 Å².